The molecule has 5 nitrogen and oxygen atoms in total. The van der Waals surface area contributed by atoms with Crippen molar-refractivity contribution in [2.24, 2.45) is 0 Å². The van der Waals surface area contributed by atoms with Crippen LogP contribution >= 0.6 is 11.3 Å². The van der Waals surface area contributed by atoms with E-state index in [1.807, 2.05) is 0 Å². The highest BCUT2D eigenvalue weighted by molar-refractivity contribution is 7.13. The minimum Gasteiger partial charge on any atom is -0.618 e. The topological polar surface area (TPSA) is 68.9 Å². The third-order valence-corrected chi connectivity index (χ3v) is 4.47. The van der Waals surface area contributed by atoms with Crippen molar-refractivity contribution in [2.45, 2.75) is 12.7 Å². The summed E-state index contributed by atoms with van der Waals surface area (Å²) in [6, 6.07) is 6.84. The van der Waals surface area contributed by atoms with E-state index >= 15 is 0 Å². The molecule has 10 heteroatoms. The molecule has 0 spiro atoms. The Balaban J connectivity index is 1.75. The molecule has 0 aliphatic rings. The molecule has 3 aromatic rings. The molecule has 0 bridgehead atoms. The van der Waals surface area contributed by atoms with Crippen LogP contribution in [0.2, 0.25) is 0 Å². The van der Waals surface area contributed by atoms with Gasteiger partial charge in [0, 0.05) is 23.1 Å². The summed E-state index contributed by atoms with van der Waals surface area (Å²) in [6.07, 6.45) is -3.36. The van der Waals surface area contributed by atoms with Gasteiger partial charge in [0.25, 0.3) is 5.91 Å². The molecule has 140 valence electrons. The van der Waals surface area contributed by atoms with Crippen LogP contribution in [0.15, 0.2) is 48.0 Å². The third kappa shape index (κ3) is 4.22. The summed E-state index contributed by atoms with van der Waals surface area (Å²) >= 11 is 0.923. The molecule has 0 fully saturated rings. The Bertz CT molecular complexity index is 988. The maximum absolute atomic E-state index is 14.0. The number of alkyl halides is 3. The smallest absolute Gasteiger partial charge is 0.416 e. The van der Waals surface area contributed by atoms with Crippen molar-refractivity contribution in [1.29, 1.82) is 0 Å². The summed E-state index contributed by atoms with van der Waals surface area (Å²) in [5.74, 6) is -1.67. The van der Waals surface area contributed by atoms with Gasteiger partial charge in [-0.3, -0.25) is 4.79 Å². The van der Waals surface area contributed by atoms with Crippen LogP contribution in [-0.4, -0.2) is 10.9 Å². The maximum Gasteiger partial charge on any atom is 0.416 e. The van der Waals surface area contributed by atoms with Crippen LogP contribution in [0.3, 0.4) is 0 Å². The number of amides is 1. The number of carbonyl (C=O) groups is 1. The quantitative estimate of drug-likeness (QED) is 0.416. The van der Waals surface area contributed by atoms with E-state index in [4.69, 9.17) is 0 Å². The Kier molecular flexibility index (Phi) is 5.08. The number of hydrogen-bond acceptors (Lipinski definition) is 4. The van der Waals surface area contributed by atoms with Crippen molar-refractivity contribution in [2.75, 3.05) is 0 Å². The zero-order chi connectivity index (χ0) is 19.6. The van der Waals surface area contributed by atoms with Gasteiger partial charge in [0.1, 0.15) is 23.1 Å². The monoisotopic (exact) mass is 397 g/mol. The van der Waals surface area contributed by atoms with E-state index in [2.05, 4.69) is 10.3 Å². The first-order chi connectivity index (χ1) is 12.8. The Labute approximate surface area is 154 Å². The number of pyridine rings is 1. The Morgan fingerprint density at radius 1 is 1.26 bits per heavy atom. The molecule has 1 aromatic carbocycles. The predicted octanol–water partition coefficient (Wildman–Crippen LogP) is 3.53. The molecule has 0 unspecified atom stereocenters. The number of benzene rings is 1. The molecule has 0 saturated heterocycles. The Morgan fingerprint density at radius 3 is 2.70 bits per heavy atom. The molecule has 3 rings (SSSR count). The number of carbonyl (C=O) groups excluding carboxylic acids is 1. The van der Waals surface area contributed by atoms with Crippen LogP contribution in [0.25, 0.3) is 10.6 Å². The second kappa shape index (κ2) is 7.31. The number of aromatic nitrogens is 2. The van der Waals surface area contributed by atoms with E-state index in [0.29, 0.717) is 16.5 Å². The molecule has 2 heterocycles. The number of nitrogens with zero attached hydrogens (tertiary/aromatic N) is 2. The van der Waals surface area contributed by atoms with Crippen molar-refractivity contribution >= 4 is 17.2 Å². The normalized spacial score (nSPS) is 11.4. The highest BCUT2D eigenvalue weighted by Gasteiger charge is 2.31. The second-order valence-electron chi connectivity index (χ2n) is 5.43. The van der Waals surface area contributed by atoms with E-state index in [-0.39, 0.29) is 22.8 Å². The van der Waals surface area contributed by atoms with Gasteiger partial charge in [0.2, 0.25) is 5.69 Å². The second-order valence-corrected chi connectivity index (χ2v) is 6.29. The predicted molar refractivity (Wildman–Crippen MR) is 89.1 cm³/mol. The first-order valence-electron chi connectivity index (χ1n) is 7.53. The minimum atomic E-state index is -4.65. The molecule has 1 amide bonds. The van der Waals surface area contributed by atoms with Crippen LogP contribution in [0.1, 0.15) is 21.7 Å². The number of nitrogens with one attached hydrogen (secondary N) is 1. The van der Waals surface area contributed by atoms with Gasteiger partial charge in [-0.25, -0.2) is 9.37 Å². The van der Waals surface area contributed by atoms with Crippen LogP contribution in [0, 0.1) is 11.0 Å². The number of halogens is 4. The molecule has 2 aromatic heterocycles. The van der Waals surface area contributed by atoms with E-state index in [1.165, 1.54) is 17.6 Å². The van der Waals surface area contributed by atoms with Crippen molar-refractivity contribution < 1.29 is 27.1 Å². The fourth-order valence-corrected chi connectivity index (χ4v) is 3.06. The highest BCUT2D eigenvalue weighted by Crippen LogP contribution is 2.33. The van der Waals surface area contributed by atoms with Gasteiger partial charge in [-0.1, -0.05) is 0 Å². The number of rotatable bonds is 4. The molecule has 0 saturated carbocycles. The van der Waals surface area contributed by atoms with Gasteiger partial charge >= 0.3 is 6.18 Å². The van der Waals surface area contributed by atoms with Gasteiger partial charge < -0.3 is 10.5 Å². The van der Waals surface area contributed by atoms with Gasteiger partial charge in [-0.15, -0.1) is 11.3 Å². The zero-order valence-corrected chi connectivity index (χ0v) is 14.3. The van der Waals surface area contributed by atoms with Crippen molar-refractivity contribution in [1.82, 2.24) is 10.3 Å². The average Bonchev–Trinajstić information content (AvgIpc) is 3.10. The number of thiazole rings is 1. The standard InChI is InChI=1S/C17H11F4N3O2S/c18-13-7-10(17(19,20)21)4-5-12(13)16-23-14(9-27-16)15(25)22-8-11-3-1-2-6-24(11)26/h1-7,9H,8H2,(H,22,25). The van der Waals surface area contributed by atoms with E-state index in [9.17, 15) is 27.6 Å². The lowest BCUT2D eigenvalue weighted by Gasteiger charge is -2.07. The van der Waals surface area contributed by atoms with E-state index < -0.39 is 23.5 Å². The molecule has 0 radical (unpaired) electrons. The van der Waals surface area contributed by atoms with Crippen molar-refractivity contribution in [3.8, 4) is 10.6 Å². The summed E-state index contributed by atoms with van der Waals surface area (Å²) in [7, 11) is 0. The fourth-order valence-electron chi connectivity index (χ4n) is 2.23. The first kappa shape index (κ1) is 18.8. The Hall–Kier alpha value is -3.01. The lowest BCUT2D eigenvalue weighted by molar-refractivity contribution is -0.614. The highest BCUT2D eigenvalue weighted by atomic mass is 32.1. The molecular formula is C17H11F4N3O2S. The van der Waals surface area contributed by atoms with Crippen molar-refractivity contribution in [3.05, 3.63) is 76.0 Å². The molecule has 0 atom stereocenters. The van der Waals surface area contributed by atoms with Gasteiger partial charge in [0.05, 0.1) is 5.56 Å². The molecule has 27 heavy (non-hydrogen) atoms. The van der Waals surface area contributed by atoms with Gasteiger partial charge in [0.15, 0.2) is 6.20 Å². The van der Waals surface area contributed by atoms with Crippen LogP contribution < -0.4 is 10.0 Å². The van der Waals surface area contributed by atoms with Crippen LogP contribution in [0.4, 0.5) is 17.6 Å². The zero-order valence-electron chi connectivity index (χ0n) is 13.5. The van der Waals surface area contributed by atoms with Crippen LogP contribution in [-0.2, 0) is 12.7 Å². The minimum absolute atomic E-state index is 0.0253. The Morgan fingerprint density at radius 2 is 2.04 bits per heavy atom. The lowest BCUT2D eigenvalue weighted by atomic mass is 10.1. The summed E-state index contributed by atoms with van der Waals surface area (Å²) < 4.78 is 52.4. The maximum atomic E-state index is 14.0. The van der Waals surface area contributed by atoms with Crippen molar-refractivity contribution in [3.63, 3.8) is 0 Å². The SMILES string of the molecule is O=C(NCc1cccc[n+]1[O-])c1csc(-c2ccc(C(F)(F)F)cc2F)n1. The van der Waals surface area contributed by atoms with Gasteiger partial charge in [-0.2, -0.15) is 17.9 Å². The summed E-state index contributed by atoms with van der Waals surface area (Å²) in [6.45, 7) is -0.0370. The fraction of sp³-hybridized carbons (Fsp3) is 0.118. The molecule has 0 aliphatic heterocycles. The summed E-state index contributed by atoms with van der Waals surface area (Å²) in [4.78, 5) is 16.1. The lowest BCUT2D eigenvalue weighted by Crippen LogP contribution is -2.35. The largest absolute Gasteiger partial charge is 0.618 e. The summed E-state index contributed by atoms with van der Waals surface area (Å²) in [5, 5.41) is 15.5. The first-order valence-corrected chi connectivity index (χ1v) is 8.41. The third-order valence-electron chi connectivity index (χ3n) is 3.60. The molecular weight excluding hydrogens is 386 g/mol. The number of hydrogen-bond donors (Lipinski definition) is 1. The van der Waals surface area contributed by atoms with E-state index in [0.717, 1.165) is 23.5 Å². The molecule has 0 aliphatic carbocycles. The van der Waals surface area contributed by atoms with Gasteiger partial charge in [-0.05, 0) is 24.3 Å². The van der Waals surface area contributed by atoms with Crippen LogP contribution in [0.5, 0.6) is 0 Å². The summed E-state index contributed by atoms with van der Waals surface area (Å²) in [5.41, 5.74) is -0.947. The average molecular weight is 397 g/mol. The molecule has 1 N–H and O–H groups in total. The van der Waals surface area contributed by atoms with E-state index in [1.54, 1.807) is 12.1 Å².